The second-order valence-electron chi connectivity index (χ2n) is 7.17. The molecule has 0 radical (unpaired) electrons. The van der Waals surface area contributed by atoms with Gasteiger partial charge in [-0.25, -0.2) is 0 Å². The Kier molecular flexibility index (Phi) is 7.51. The van der Waals surface area contributed by atoms with Crippen molar-refractivity contribution in [2.75, 3.05) is 19.0 Å². The number of nitrogens with zero attached hydrogens (tertiary/aromatic N) is 1. The van der Waals surface area contributed by atoms with E-state index in [0.29, 0.717) is 36.9 Å². The first-order chi connectivity index (χ1) is 14.8. The minimum Gasteiger partial charge on any atom is -0.368 e. The molecule has 1 unspecified atom stereocenters. The molecule has 1 atom stereocenters. The molecule has 6 nitrogen and oxygen atoms in total. The predicted molar refractivity (Wildman–Crippen MR) is 113 cm³/mol. The molecule has 3 rings (SSSR count). The summed E-state index contributed by atoms with van der Waals surface area (Å²) >= 11 is 0. The zero-order valence-corrected chi connectivity index (χ0v) is 17.1. The zero-order chi connectivity index (χ0) is 22.3. The van der Waals surface area contributed by atoms with E-state index in [4.69, 9.17) is 4.74 Å². The molecule has 0 aliphatic carbocycles. The summed E-state index contributed by atoms with van der Waals surface area (Å²) in [4.78, 5) is 16.3. The molecule has 2 aromatic carbocycles. The average Bonchev–Trinajstić information content (AvgIpc) is 3.29. The monoisotopic (exact) mass is 434 g/mol. The fourth-order valence-electron chi connectivity index (χ4n) is 3.17. The van der Waals surface area contributed by atoms with E-state index in [0.717, 1.165) is 30.5 Å². The van der Waals surface area contributed by atoms with Crippen LogP contribution in [-0.4, -0.2) is 31.6 Å². The van der Waals surface area contributed by atoms with Gasteiger partial charge in [-0.05, 0) is 48.2 Å². The van der Waals surface area contributed by atoms with Crippen LogP contribution >= 0.6 is 0 Å². The van der Waals surface area contributed by atoms with Gasteiger partial charge in [0.2, 0.25) is 0 Å². The van der Waals surface area contributed by atoms with Gasteiger partial charge in [0.05, 0.1) is 5.56 Å². The molecule has 1 heterocycles. The summed E-state index contributed by atoms with van der Waals surface area (Å²) in [5.74, 6) is 0.366. The van der Waals surface area contributed by atoms with E-state index in [-0.39, 0.29) is 5.91 Å². The smallest absolute Gasteiger partial charge is 0.368 e. The van der Waals surface area contributed by atoms with Gasteiger partial charge in [0.1, 0.15) is 6.10 Å². The molecular formula is C22H25F3N4O2. The van der Waals surface area contributed by atoms with Gasteiger partial charge in [-0.2, -0.15) is 13.2 Å². The quantitative estimate of drug-likeness (QED) is 0.479. The number of guanidine groups is 1. The summed E-state index contributed by atoms with van der Waals surface area (Å²) in [6.45, 7) is 1.40. The Labute approximate surface area is 178 Å². The summed E-state index contributed by atoms with van der Waals surface area (Å²) in [6, 6.07) is 12.4. The van der Waals surface area contributed by atoms with Crippen LogP contribution in [0.15, 0.2) is 53.5 Å². The summed E-state index contributed by atoms with van der Waals surface area (Å²) in [7, 11) is 1.61. The van der Waals surface area contributed by atoms with Crippen molar-refractivity contribution in [2.45, 2.75) is 38.2 Å². The van der Waals surface area contributed by atoms with Crippen LogP contribution in [0.3, 0.4) is 0 Å². The van der Waals surface area contributed by atoms with E-state index in [1.807, 2.05) is 24.3 Å². The highest BCUT2D eigenvalue weighted by atomic mass is 19.4. The van der Waals surface area contributed by atoms with Gasteiger partial charge in [0.15, 0.2) is 5.96 Å². The van der Waals surface area contributed by atoms with Gasteiger partial charge < -0.3 is 20.7 Å². The summed E-state index contributed by atoms with van der Waals surface area (Å²) in [5.41, 5.74) is 1.65. The Bertz CT molecular complexity index is 908. The number of anilines is 1. The van der Waals surface area contributed by atoms with E-state index in [2.05, 4.69) is 20.9 Å². The van der Waals surface area contributed by atoms with Crippen molar-refractivity contribution in [1.82, 2.24) is 10.6 Å². The highest BCUT2D eigenvalue weighted by Crippen LogP contribution is 2.29. The Morgan fingerprint density at radius 1 is 1.10 bits per heavy atom. The van der Waals surface area contributed by atoms with Gasteiger partial charge in [0.25, 0.3) is 5.91 Å². The molecule has 1 aliphatic heterocycles. The number of rotatable bonds is 6. The van der Waals surface area contributed by atoms with Crippen molar-refractivity contribution < 1.29 is 22.7 Å². The molecule has 0 aromatic heterocycles. The van der Waals surface area contributed by atoms with Crippen molar-refractivity contribution in [3.8, 4) is 0 Å². The van der Waals surface area contributed by atoms with E-state index in [1.54, 1.807) is 7.05 Å². The van der Waals surface area contributed by atoms with Crippen molar-refractivity contribution in [1.29, 1.82) is 0 Å². The largest absolute Gasteiger partial charge is 0.416 e. The summed E-state index contributed by atoms with van der Waals surface area (Å²) in [6.07, 6.45) is -3.12. The second kappa shape index (κ2) is 10.3. The Hall–Kier alpha value is -3.07. The molecular weight excluding hydrogens is 409 g/mol. The molecule has 0 bridgehead atoms. The first-order valence-electron chi connectivity index (χ1n) is 9.97. The average molecular weight is 434 g/mol. The molecule has 1 fully saturated rings. The third-order valence-electron chi connectivity index (χ3n) is 4.84. The molecule has 3 N–H and O–H groups in total. The molecule has 1 saturated heterocycles. The maximum absolute atomic E-state index is 12.7. The SMILES string of the molecule is CN=C(NCc1ccc(C(F)(F)F)cc1)NCc1cccc(NC(=O)C2CCCO2)c1. The zero-order valence-electron chi connectivity index (χ0n) is 17.1. The number of benzene rings is 2. The van der Waals surface area contributed by atoms with Crippen LogP contribution in [0.4, 0.5) is 18.9 Å². The fourth-order valence-corrected chi connectivity index (χ4v) is 3.17. The van der Waals surface area contributed by atoms with Crippen LogP contribution in [0.25, 0.3) is 0 Å². The Morgan fingerprint density at radius 3 is 2.42 bits per heavy atom. The molecule has 0 saturated carbocycles. The van der Waals surface area contributed by atoms with Crippen LogP contribution in [0.2, 0.25) is 0 Å². The lowest BCUT2D eigenvalue weighted by molar-refractivity contribution is -0.137. The van der Waals surface area contributed by atoms with Crippen LogP contribution in [0.1, 0.15) is 29.5 Å². The topological polar surface area (TPSA) is 74.8 Å². The summed E-state index contributed by atoms with van der Waals surface area (Å²) in [5, 5.41) is 9.09. The van der Waals surface area contributed by atoms with Gasteiger partial charge in [-0.1, -0.05) is 24.3 Å². The molecule has 1 aliphatic rings. The van der Waals surface area contributed by atoms with Gasteiger partial charge >= 0.3 is 6.18 Å². The maximum Gasteiger partial charge on any atom is 0.416 e. The maximum atomic E-state index is 12.7. The number of hydrogen-bond acceptors (Lipinski definition) is 3. The number of carbonyl (C=O) groups excluding carboxylic acids is 1. The predicted octanol–water partition coefficient (Wildman–Crippen LogP) is 3.69. The van der Waals surface area contributed by atoms with Gasteiger partial charge in [0, 0.05) is 32.4 Å². The Morgan fingerprint density at radius 2 is 1.81 bits per heavy atom. The number of aliphatic imine (C=N–C) groups is 1. The summed E-state index contributed by atoms with van der Waals surface area (Å²) < 4.78 is 43.4. The number of amides is 1. The number of carbonyl (C=O) groups is 1. The van der Waals surface area contributed by atoms with Gasteiger partial charge in [-0.3, -0.25) is 9.79 Å². The Balaban J connectivity index is 1.49. The van der Waals surface area contributed by atoms with Crippen LogP contribution < -0.4 is 16.0 Å². The number of alkyl halides is 3. The molecule has 31 heavy (non-hydrogen) atoms. The van der Waals surface area contributed by atoms with Crippen molar-refractivity contribution in [2.24, 2.45) is 4.99 Å². The minimum absolute atomic E-state index is 0.142. The minimum atomic E-state index is -4.35. The van der Waals surface area contributed by atoms with Crippen molar-refractivity contribution in [3.05, 3.63) is 65.2 Å². The number of halogens is 3. The highest BCUT2D eigenvalue weighted by molar-refractivity contribution is 5.94. The van der Waals surface area contributed by atoms with Crippen molar-refractivity contribution in [3.63, 3.8) is 0 Å². The third-order valence-corrected chi connectivity index (χ3v) is 4.84. The standard InChI is InChI=1S/C22H25F3N4O2/c1-26-21(27-13-15-7-9-17(10-8-15)22(23,24)25)28-14-16-4-2-5-18(12-16)29-20(30)19-6-3-11-31-19/h2,4-5,7-10,12,19H,3,6,11,13-14H2,1H3,(H,29,30)(H2,26,27,28). The van der Waals surface area contributed by atoms with Crippen LogP contribution in [-0.2, 0) is 28.8 Å². The lowest BCUT2D eigenvalue weighted by atomic mass is 10.1. The normalized spacial score (nSPS) is 16.8. The van der Waals surface area contributed by atoms with E-state index >= 15 is 0 Å². The van der Waals surface area contributed by atoms with E-state index < -0.39 is 17.8 Å². The molecule has 166 valence electrons. The van der Waals surface area contributed by atoms with Gasteiger partial charge in [-0.15, -0.1) is 0 Å². The molecule has 9 heteroatoms. The lowest BCUT2D eigenvalue weighted by Gasteiger charge is -2.14. The van der Waals surface area contributed by atoms with E-state index in [1.165, 1.54) is 12.1 Å². The first-order valence-corrected chi connectivity index (χ1v) is 9.97. The number of hydrogen-bond donors (Lipinski definition) is 3. The number of nitrogens with one attached hydrogen (secondary N) is 3. The number of ether oxygens (including phenoxy) is 1. The highest BCUT2D eigenvalue weighted by Gasteiger charge is 2.29. The fraction of sp³-hybridized carbons (Fsp3) is 0.364. The molecule has 1 amide bonds. The molecule has 0 spiro atoms. The first kappa shape index (κ1) is 22.6. The van der Waals surface area contributed by atoms with E-state index in [9.17, 15) is 18.0 Å². The second-order valence-corrected chi connectivity index (χ2v) is 7.17. The lowest BCUT2D eigenvalue weighted by Crippen LogP contribution is -2.36. The molecule has 2 aromatic rings. The van der Waals surface area contributed by atoms with Crippen LogP contribution in [0.5, 0.6) is 0 Å². The third kappa shape index (κ3) is 6.71. The van der Waals surface area contributed by atoms with Crippen LogP contribution in [0, 0.1) is 0 Å². The van der Waals surface area contributed by atoms with Crippen molar-refractivity contribution >= 4 is 17.6 Å².